The number of anilines is 1. The number of piperidine rings is 1. The molecule has 1 saturated heterocycles. The monoisotopic (exact) mass is 456 g/mol. The second kappa shape index (κ2) is 11.4. The number of carbonyl (C=O) groups excluding carboxylic acids is 1. The van der Waals surface area contributed by atoms with Crippen molar-refractivity contribution in [3.63, 3.8) is 0 Å². The molecular formula is C23H28N4O4S. The number of H-pyrrole nitrogens is 1. The number of rotatable bonds is 7. The number of aromatic amines is 1. The summed E-state index contributed by atoms with van der Waals surface area (Å²) in [5.74, 6) is 0.0665. The molecule has 0 unspecified atom stereocenters. The Morgan fingerprint density at radius 1 is 1.28 bits per heavy atom. The predicted octanol–water partition coefficient (Wildman–Crippen LogP) is 3.45. The summed E-state index contributed by atoms with van der Waals surface area (Å²) in [5.41, 5.74) is 2.82. The number of benzene rings is 1. The highest BCUT2D eigenvalue weighted by atomic mass is 32.1. The molecule has 32 heavy (non-hydrogen) atoms. The van der Waals surface area contributed by atoms with Gasteiger partial charge in [0, 0.05) is 43.7 Å². The molecule has 1 aromatic carbocycles. The van der Waals surface area contributed by atoms with Gasteiger partial charge < -0.3 is 25.0 Å². The number of hydrogen-bond acceptors (Lipinski definition) is 6. The van der Waals surface area contributed by atoms with Gasteiger partial charge in [0.2, 0.25) is 0 Å². The molecule has 1 fully saturated rings. The largest absolute Gasteiger partial charge is 0.483 e. The van der Waals surface area contributed by atoms with E-state index in [9.17, 15) is 4.79 Å². The number of ether oxygens (including phenoxy) is 1. The lowest BCUT2D eigenvalue weighted by atomic mass is 9.70. The zero-order valence-electron chi connectivity index (χ0n) is 18.0. The van der Waals surface area contributed by atoms with Gasteiger partial charge in [-0.25, -0.2) is 4.98 Å². The predicted molar refractivity (Wildman–Crippen MR) is 124 cm³/mol. The first kappa shape index (κ1) is 23.5. The lowest BCUT2D eigenvalue weighted by molar-refractivity contribution is -0.122. The van der Waals surface area contributed by atoms with Crippen LogP contribution in [-0.2, 0) is 14.9 Å². The van der Waals surface area contributed by atoms with Gasteiger partial charge in [-0.3, -0.25) is 9.59 Å². The van der Waals surface area contributed by atoms with Gasteiger partial charge in [-0.1, -0.05) is 30.3 Å². The molecular weight excluding hydrogens is 428 g/mol. The highest BCUT2D eigenvalue weighted by Gasteiger charge is 2.41. The Morgan fingerprint density at radius 2 is 2.00 bits per heavy atom. The summed E-state index contributed by atoms with van der Waals surface area (Å²) in [5, 5.41) is 13.3. The van der Waals surface area contributed by atoms with Crippen LogP contribution in [0, 0.1) is 0 Å². The third-order valence-corrected chi connectivity index (χ3v) is 6.44. The molecule has 4 rings (SSSR count). The molecule has 0 saturated carbocycles. The van der Waals surface area contributed by atoms with Crippen molar-refractivity contribution >= 4 is 28.8 Å². The Labute approximate surface area is 191 Å². The molecule has 0 radical (unpaired) electrons. The molecule has 170 valence electrons. The van der Waals surface area contributed by atoms with Crippen LogP contribution in [-0.4, -0.2) is 65.7 Å². The molecule has 0 bridgehead atoms. The zero-order valence-corrected chi connectivity index (χ0v) is 18.8. The Hall–Kier alpha value is -3.17. The SMILES string of the molecule is COCCNc1nc(C2(c3ccccc3)CCN(C(=O)c3ccc[nH]3)CC2)cs1.O=CO. The van der Waals surface area contributed by atoms with E-state index in [-0.39, 0.29) is 17.8 Å². The fourth-order valence-electron chi connectivity index (χ4n) is 4.01. The van der Waals surface area contributed by atoms with Crippen molar-refractivity contribution in [1.29, 1.82) is 0 Å². The number of nitrogens with one attached hydrogen (secondary N) is 2. The fraction of sp³-hybridized carbons (Fsp3) is 0.348. The van der Waals surface area contributed by atoms with E-state index in [2.05, 4.69) is 39.9 Å². The first-order valence-corrected chi connectivity index (χ1v) is 11.3. The minimum atomic E-state index is -0.250. The van der Waals surface area contributed by atoms with Crippen molar-refractivity contribution in [2.24, 2.45) is 0 Å². The van der Waals surface area contributed by atoms with Gasteiger partial charge in [-0.15, -0.1) is 11.3 Å². The first-order chi connectivity index (χ1) is 15.6. The van der Waals surface area contributed by atoms with Crippen molar-refractivity contribution < 1.29 is 19.4 Å². The van der Waals surface area contributed by atoms with E-state index in [0.717, 1.165) is 30.2 Å². The molecule has 1 aliphatic rings. The van der Waals surface area contributed by atoms with Crippen molar-refractivity contribution in [3.8, 4) is 0 Å². The summed E-state index contributed by atoms with van der Waals surface area (Å²) in [6, 6.07) is 14.3. The number of methoxy groups -OCH3 is 1. The topological polar surface area (TPSA) is 108 Å². The Balaban J connectivity index is 0.000000913. The van der Waals surface area contributed by atoms with E-state index in [1.54, 1.807) is 24.6 Å². The molecule has 1 amide bonds. The number of carbonyl (C=O) groups is 2. The lowest BCUT2D eigenvalue weighted by Crippen LogP contribution is -2.46. The summed E-state index contributed by atoms with van der Waals surface area (Å²) in [6.45, 7) is 2.54. The van der Waals surface area contributed by atoms with E-state index in [4.69, 9.17) is 19.6 Å². The minimum absolute atomic E-state index is 0.0665. The molecule has 9 heteroatoms. The number of nitrogens with zero attached hydrogens (tertiary/aromatic N) is 2. The molecule has 1 aliphatic heterocycles. The maximum absolute atomic E-state index is 12.8. The zero-order chi connectivity index (χ0) is 22.8. The first-order valence-electron chi connectivity index (χ1n) is 10.4. The number of aromatic nitrogens is 2. The van der Waals surface area contributed by atoms with E-state index < -0.39 is 0 Å². The quantitative estimate of drug-likeness (QED) is 0.371. The van der Waals surface area contributed by atoms with E-state index in [1.165, 1.54) is 5.56 Å². The highest BCUT2D eigenvalue weighted by molar-refractivity contribution is 7.13. The van der Waals surface area contributed by atoms with E-state index in [1.807, 2.05) is 23.1 Å². The van der Waals surface area contributed by atoms with Crippen LogP contribution in [0.4, 0.5) is 5.13 Å². The van der Waals surface area contributed by atoms with Crippen LogP contribution in [0.1, 0.15) is 34.6 Å². The fourth-order valence-corrected chi connectivity index (χ4v) is 4.85. The highest BCUT2D eigenvalue weighted by Crippen LogP contribution is 2.42. The van der Waals surface area contributed by atoms with Crippen molar-refractivity contribution in [3.05, 3.63) is 71.0 Å². The number of thiazole rings is 1. The number of hydrogen-bond donors (Lipinski definition) is 3. The second-order valence-corrected chi connectivity index (χ2v) is 8.25. The second-order valence-electron chi connectivity index (χ2n) is 7.39. The van der Waals surface area contributed by atoms with E-state index >= 15 is 0 Å². The number of likely N-dealkylation sites (tertiary alicyclic amines) is 1. The average molecular weight is 457 g/mol. The molecule has 3 N–H and O–H groups in total. The summed E-state index contributed by atoms with van der Waals surface area (Å²) in [7, 11) is 1.70. The van der Waals surface area contributed by atoms with Crippen molar-refractivity contribution in [1.82, 2.24) is 14.9 Å². The minimum Gasteiger partial charge on any atom is -0.483 e. The molecule has 0 spiro atoms. The van der Waals surface area contributed by atoms with Crippen LogP contribution in [0.25, 0.3) is 0 Å². The Morgan fingerprint density at radius 3 is 2.62 bits per heavy atom. The molecule has 2 aromatic heterocycles. The maximum atomic E-state index is 12.8. The van der Waals surface area contributed by atoms with Crippen LogP contribution >= 0.6 is 11.3 Å². The Bertz CT molecular complexity index is 967. The smallest absolute Gasteiger partial charge is 0.290 e. The van der Waals surface area contributed by atoms with Gasteiger partial charge in [0.25, 0.3) is 12.4 Å². The molecule has 3 aromatic rings. The third kappa shape index (κ3) is 5.35. The van der Waals surface area contributed by atoms with Gasteiger partial charge in [-0.05, 0) is 30.5 Å². The number of amides is 1. The van der Waals surface area contributed by atoms with Gasteiger partial charge in [0.1, 0.15) is 5.69 Å². The summed E-state index contributed by atoms with van der Waals surface area (Å²) in [6.07, 6.45) is 3.49. The molecule has 0 aliphatic carbocycles. The van der Waals surface area contributed by atoms with Crippen molar-refractivity contribution in [2.75, 3.05) is 38.7 Å². The molecule has 3 heterocycles. The van der Waals surface area contributed by atoms with Crippen LogP contribution in [0.15, 0.2) is 54.0 Å². The van der Waals surface area contributed by atoms with Crippen molar-refractivity contribution in [2.45, 2.75) is 18.3 Å². The van der Waals surface area contributed by atoms with Gasteiger partial charge in [0.05, 0.1) is 12.3 Å². The lowest BCUT2D eigenvalue weighted by Gasteiger charge is -2.41. The summed E-state index contributed by atoms with van der Waals surface area (Å²) in [4.78, 5) is 31.0. The van der Waals surface area contributed by atoms with Crippen LogP contribution in [0.2, 0.25) is 0 Å². The summed E-state index contributed by atoms with van der Waals surface area (Å²) < 4.78 is 5.12. The van der Waals surface area contributed by atoms with Gasteiger partial charge in [-0.2, -0.15) is 0 Å². The summed E-state index contributed by atoms with van der Waals surface area (Å²) >= 11 is 1.63. The van der Waals surface area contributed by atoms with Crippen LogP contribution < -0.4 is 5.32 Å². The third-order valence-electron chi connectivity index (χ3n) is 5.64. The van der Waals surface area contributed by atoms with Gasteiger partial charge >= 0.3 is 0 Å². The average Bonchev–Trinajstić information content (AvgIpc) is 3.53. The molecule has 0 atom stereocenters. The normalized spacial score (nSPS) is 14.8. The molecule has 8 nitrogen and oxygen atoms in total. The standard InChI is InChI=1S/C22H26N4O2S.CH2O2/c1-28-15-12-24-21-25-19(16-29-21)22(17-6-3-2-4-7-17)9-13-26(14-10-22)20(27)18-8-5-11-23-18;2-1-3/h2-8,11,16,23H,9-10,12-15H2,1H3,(H,24,25);1H,(H,2,3). The Kier molecular flexibility index (Phi) is 8.41. The van der Waals surface area contributed by atoms with Gasteiger partial charge in [0.15, 0.2) is 5.13 Å². The van der Waals surface area contributed by atoms with Crippen LogP contribution in [0.5, 0.6) is 0 Å². The number of carboxylic acid groups (broad SMARTS) is 1. The maximum Gasteiger partial charge on any atom is 0.290 e. The van der Waals surface area contributed by atoms with Crippen LogP contribution in [0.3, 0.4) is 0 Å². The van der Waals surface area contributed by atoms with E-state index in [0.29, 0.717) is 25.4 Å².